The highest BCUT2D eigenvalue weighted by molar-refractivity contribution is 7.19. The molecule has 0 saturated heterocycles. The van der Waals surface area contributed by atoms with Crippen LogP contribution < -0.4 is 10.6 Å². The van der Waals surface area contributed by atoms with Gasteiger partial charge in [-0.2, -0.15) is 5.10 Å². The quantitative estimate of drug-likeness (QED) is 0.356. The number of fused-ring (bicyclic) bond motifs is 1. The molecule has 0 atom stereocenters. The highest BCUT2D eigenvalue weighted by Gasteiger charge is 2.16. The number of urea groups is 1. The van der Waals surface area contributed by atoms with Crippen LogP contribution in [0.2, 0.25) is 10.0 Å². The summed E-state index contributed by atoms with van der Waals surface area (Å²) in [5.74, 6) is -1.09. The zero-order valence-corrected chi connectivity index (χ0v) is 16.6. The number of carbonyl (C=O) groups excluding carboxylic acids is 1. The molecule has 0 unspecified atom stereocenters. The van der Waals surface area contributed by atoms with Crippen LogP contribution >= 0.6 is 34.5 Å². The number of amides is 2. The van der Waals surface area contributed by atoms with Gasteiger partial charge in [0.2, 0.25) is 0 Å². The first-order chi connectivity index (χ1) is 13.9. The molecule has 146 valence electrons. The molecule has 4 aromatic rings. The van der Waals surface area contributed by atoms with Crippen LogP contribution in [0.4, 0.5) is 15.6 Å². The molecule has 4 rings (SSSR count). The number of benzene rings is 1. The minimum atomic E-state index is -1.09. The summed E-state index contributed by atoms with van der Waals surface area (Å²) >= 11 is 12.9. The van der Waals surface area contributed by atoms with Gasteiger partial charge >= 0.3 is 12.0 Å². The van der Waals surface area contributed by atoms with Gasteiger partial charge in [0.1, 0.15) is 0 Å². The van der Waals surface area contributed by atoms with Gasteiger partial charge < -0.3 is 10.4 Å². The molecule has 4 N–H and O–H groups in total. The van der Waals surface area contributed by atoms with Crippen LogP contribution in [0.3, 0.4) is 0 Å². The van der Waals surface area contributed by atoms with E-state index in [1.807, 2.05) is 0 Å². The van der Waals surface area contributed by atoms with Crippen LogP contribution in [0.1, 0.15) is 10.4 Å². The van der Waals surface area contributed by atoms with Gasteiger partial charge in [-0.15, -0.1) is 0 Å². The highest BCUT2D eigenvalue weighted by atomic mass is 35.5. The lowest BCUT2D eigenvalue weighted by molar-refractivity contribution is 0.0699. The third kappa shape index (κ3) is 3.99. The van der Waals surface area contributed by atoms with Gasteiger partial charge in [0, 0.05) is 11.9 Å². The number of rotatable bonds is 4. The first-order valence-corrected chi connectivity index (χ1v) is 9.54. The van der Waals surface area contributed by atoms with Gasteiger partial charge in [0.05, 0.1) is 37.8 Å². The number of aromatic nitrogens is 4. The number of carboxylic acid groups (broad SMARTS) is 1. The molecule has 2 amide bonds. The van der Waals surface area contributed by atoms with Crippen LogP contribution in [-0.4, -0.2) is 37.3 Å². The second-order valence-corrected chi connectivity index (χ2v) is 7.58. The number of anilines is 2. The molecule has 0 aliphatic rings. The van der Waals surface area contributed by atoms with Gasteiger partial charge in [-0.25, -0.2) is 19.6 Å². The Morgan fingerprint density at radius 1 is 1.10 bits per heavy atom. The van der Waals surface area contributed by atoms with E-state index in [1.165, 1.54) is 24.5 Å². The topological polar surface area (TPSA) is 133 Å². The Morgan fingerprint density at radius 3 is 2.69 bits per heavy atom. The van der Waals surface area contributed by atoms with E-state index in [4.69, 9.17) is 23.2 Å². The van der Waals surface area contributed by atoms with Crippen molar-refractivity contribution in [2.24, 2.45) is 0 Å². The molecule has 0 spiro atoms. The Hall–Kier alpha value is -3.21. The molecule has 0 saturated carbocycles. The van der Waals surface area contributed by atoms with Crippen LogP contribution in [0.25, 0.3) is 21.6 Å². The SMILES string of the molecule is O=C(Nc1ccc(Cl)c(Cl)c1)Nc1ncc(-c2cc(C(=O)O)c3cn[nH]c3n2)s1. The Balaban J connectivity index is 1.54. The van der Waals surface area contributed by atoms with Crippen LogP contribution in [0.5, 0.6) is 0 Å². The van der Waals surface area contributed by atoms with Crippen molar-refractivity contribution in [3.05, 3.63) is 52.3 Å². The lowest BCUT2D eigenvalue weighted by Gasteiger charge is -2.06. The second-order valence-electron chi connectivity index (χ2n) is 5.73. The third-order valence-electron chi connectivity index (χ3n) is 3.81. The predicted molar refractivity (Wildman–Crippen MR) is 111 cm³/mol. The van der Waals surface area contributed by atoms with Gasteiger partial charge in [-0.3, -0.25) is 10.4 Å². The van der Waals surface area contributed by atoms with Crippen molar-refractivity contribution in [3.63, 3.8) is 0 Å². The number of pyridine rings is 1. The van der Waals surface area contributed by atoms with Crippen molar-refractivity contribution in [2.75, 3.05) is 10.6 Å². The van der Waals surface area contributed by atoms with Gasteiger partial charge in [0.15, 0.2) is 10.8 Å². The average molecular weight is 449 g/mol. The zero-order chi connectivity index (χ0) is 20.5. The number of hydrogen-bond donors (Lipinski definition) is 4. The number of aromatic amines is 1. The number of halogens is 2. The Bertz CT molecular complexity index is 1260. The minimum absolute atomic E-state index is 0.0685. The first kappa shape index (κ1) is 19.1. The van der Waals surface area contributed by atoms with Crippen LogP contribution in [0.15, 0.2) is 36.7 Å². The first-order valence-electron chi connectivity index (χ1n) is 7.97. The molecule has 0 radical (unpaired) electrons. The summed E-state index contributed by atoms with van der Waals surface area (Å²) in [7, 11) is 0. The average Bonchev–Trinajstić information content (AvgIpc) is 3.32. The molecule has 0 bridgehead atoms. The number of nitrogens with zero attached hydrogens (tertiary/aromatic N) is 3. The lowest BCUT2D eigenvalue weighted by atomic mass is 10.1. The van der Waals surface area contributed by atoms with E-state index in [0.29, 0.717) is 42.5 Å². The molecule has 1 aromatic carbocycles. The lowest BCUT2D eigenvalue weighted by Crippen LogP contribution is -2.19. The van der Waals surface area contributed by atoms with Crippen molar-refractivity contribution < 1.29 is 14.7 Å². The van der Waals surface area contributed by atoms with Crippen molar-refractivity contribution in [1.29, 1.82) is 0 Å². The molecule has 3 heterocycles. The van der Waals surface area contributed by atoms with Crippen molar-refractivity contribution in [3.8, 4) is 10.6 Å². The van der Waals surface area contributed by atoms with Crippen molar-refractivity contribution >= 4 is 68.4 Å². The summed E-state index contributed by atoms with van der Waals surface area (Å²) in [5.41, 5.74) is 1.28. The monoisotopic (exact) mass is 448 g/mol. The van der Waals surface area contributed by atoms with E-state index in [1.54, 1.807) is 12.1 Å². The normalized spacial score (nSPS) is 10.8. The van der Waals surface area contributed by atoms with E-state index < -0.39 is 12.0 Å². The fourth-order valence-corrected chi connectivity index (χ4v) is 3.59. The summed E-state index contributed by atoms with van der Waals surface area (Å²) in [5, 5.41) is 22.5. The minimum Gasteiger partial charge on any atom is -0.478 e. The largest absolute Gasteiger partial charge is 0.478 e. The summed E-state index contributed by atoms with van der Waals surface area (Å²) in [6, 6.07) is 5.62. The fraction of sp³-hybridized carbons (Fsp3) is 0. The maximum absolute atomic E-state index is 12.2. The zero-order valence-electron chi connectivity index (χ0n) is 14.2. The Kier molecular flexibility index (Phi) is 5.05. The maximum atomic E-state index is 12.2. The van der Waals surface area contributed by atoms with E-state index >= 15 is 0 Å². The smallest absolute Gasteiger partial charge is 0.336 e. The number of thiazole rings is 1. The number of carboxylic acids is 1. The van der Waals surface area contributed by atoms with Crippen LogP contribution in [-0.2, 0) is 0 Å². The van der Waals surface area contributed by atoms with E-state index in [2.05, 4.69) is 30.8 Å². The summed E-state index contributed by atoms with van der Waals surface area (Å²) in [6.07, 6.45) is 2.90. The summed E-state index contributed by atoms with van der Waals surface area (Å²) in [4.78, 5) is 32.7. The Morgan fingerprint density at radius 2 is 1.93 bits per heavy atom. The molecule has 0 aliphatic heterocycles. The summed E-state index contributed by atoms with van der Waals surface area (Å²) in [6.45, 7) is 0. The fourth-order valence-electron chi connectivity index (χ4n) is 2.52. The molecule has 12 heteroatoms. The Labute approximate surface area is 176 Å². The standard InChI is InChI=1S/C17H10Cl2N6O3S/c18-10-2-1-7(3-11(10)19)22-16(28)24-17-20-6-13(29-17)12-4-8(15(26)27)9-5-21-25-14(9)23-12/h1-6H,(H,26,27)(H,21,23,25)(H2,20,22,24,28). The molecular weight excluding hydrogens is 439 g/mol. The number of H-pyrrole nitrogens is 1. The molecular formula is C17H10Cl2N6O3S. The molecule has 29 heavy (non-hydrogen) atoms. The number of aromatic carboxylic acids is 1. The van der Waals surface area contributed by atoms with E-state index in [9.17, 15) is 14.7 Å². The van der Waals surface area contributed by atoms with E-state index in [-0.39, 0.29) is 5.56 Å². The third-order valence-corrected chi connectivity index (χ3v) is 5.48. The maximum Gasteiger partial charge on any atom is 0.336 e. The highest BCUT2D eigenvalue weighted by Crippen LogP contribution is 2.30. The van der Waals surface area contributed by atoms with Gasteiger partial charge in [0.25, 0.3) is 0 Å². The van der Waals surface area contributed by atoms with Crippen molar-refractivity contribution in [2.45, 2.75) is 0 Å². The van der Waals surface area contributed by atoms with E-state index in [0.717, 1.165) is 11.3 Å². The van der Waals surface area contributed by atoms with Gasteiger partial charge in [-0.05, 0) is 24.3 Å². The number of carbonyl (C=O) groups is 2. The van der Waals surface area contributed by atoms with Gasteiger partial charge in [-0.1, -0.05) is 34.5 Å². The van der Waals surface area contributed by atoms with Crippen LogP contribution in [0, 0.1) is 0 Å². The predicted octanol–water partition coefficient (Wildman–Crippen LogP) is 4.73. The number of nitrogens with one attached hydrogen (secondary N) is 3. The molecule has 0 aliphatic carbocycles. The number of hydrogen-bond acceptors (Lipinski definition) is 6. The molecule has 0 fully saturated rings. The molecule has 9 nitrogen and oxygen atoms in total. The summed E-state index contributed by atoms with van der Waals surface area (Å²) < 4.78 is 0. The van der Waals surface area contributed by atoms with Crippen molar-refractivity contribution in [1.82, 2.24) is 20.2 Å². The molecule has 3 aromatic heterocycles. The second kappa shape index (κ2) is 7.66.